The second-order valence-electron chi connectivity index (χ2n) is 9.48. The Balaban J connectivity index is 1.19. The third-order valence-corrected chi connectivity index (χ3v) is 7.37. The fraction of sp³-hybridized carbons (Fsp3) is 0.250. The summed E-state index contributed by atoms with van der Waals surface area (Å²) < 4.78 is 13.5. The van der Waals surface area contributed by atoms with Crippen molar-refractivity contribution in [1.29, 1.82) is 0 Å². The number of nitrogens with one attached hydrogen (secondary N) is 2. The van der Waals surface area contributed by atoms with Crippen molar-refractivity contribution in [2.45, 2.75) is 19.3 Å². The smallest absolute Gasteiger partial charge is 0.254 e. The third-order valence-electron chi connectivity index (χ3n) is 7.37. The summed E-state index contributed by atoms with van der Waals surface area (Å²) in [6.07, 6.45) is 9.58. The van der Waals surface area contributed by atoms with Crippen LogP contribution in [0.25, 0.3) is 16.5 Å². The van der Waals surface area contributed by atoms with Crippen LogP contribution in [0, 0.1) is 17.7 Å². The van der Waals surface area contributed by atoms with Crippen LogP contribution in [0.5, 0.6) is 0 Å². The second-order valence-corrected chi connectivity index (χ2v) is 9.48. The molecule has 3 heterocycles. The summed E-state index contributed by atoms with van der Waals surface area (Å²) in [5.41, 5.74) is 6.54. The van der Waals surface area contributed by atoms with Gasteiger partial charge in [-0.25, -0.2) is 9.40 Å². The predicted molar refractivity (Wildman–Crippen MR) is 134 cm³/mol. The van der Waals surface area contributed by atoms with Crippen molar-refractivity contribution < 1.29 is 18.8 Å². The number of halogens is 1. The number of allylic oxidation sites excluding steroid dienone is 2. The Labute approximate surface area is 207 Å². The van der Waals surface area contributed by atoms with Gasteiger partial charge < -0.3 is 9.88 Å². The number of nitrogens with zero attached hydrogens (tertiary/aromatic N) is 2. The van der Waals surface area contributed by atoms with Gasteiger partial charge in [-0.15, -0.1) is 0 Å². The van der Waals surface area contributed by atoms with Crippen LogP contribution in [0.15, 0.2) is 66.9 Å². The molecule has 2 aromatic carbocycles. The van der Waals surface area contributed by atoms with Crippen molar-refractivity contribution in [3.05, 3.63) is 83.8 Å². The maximum absolute atomic E-state index is 13.5. The summed E-state index contributed by atoms with van der Waals surface area (Å²) in [4.78, 5) is 43.9. The lowest BCUT2D eigenvalue weighted by molar-refractivity contribution is -0.139. The van der Waals surface area contributed by atoms with Crippen molar-refractivity contribution in [3.63, 3.8) is 0 Å². The van der Waals surface area contributed by atoms with Gasteiger partial charge in [0.25, 0.3) is 5.91 Å². The highest BCUT2D eigenvalue weighted by Crippen LogP contribution is 2.33. The molecule has 2 atom stereocenters. The summed E-state index contributed by atoms with van der Waals surface area (Å²) >= 11 is 0. The minimum absolute atomic E-state index is 0.137. The molecular formula is C28H25FN4O3. The van der Waals surface area contributed by atoms with Crippen LogP contribution in [-0.2, 0) is 9.59 Å². The number of H-pyrrole nitrogens is 1. The van der Waals surface area contributed by atoms with Crippen molar-refractivity contribution in [2.75, 3.05) is 18.1 Å². The van der Waals surface area contributed by atoms with E-state index in [4.69, 9.17) is 0 Å². The van der Waals surface area contributed by atoms with E-state index >= 15 is 0 Å². The standard InChI is InChI=1S/C28H25FN4O3/c29-19-8-9-21-24(16-30-25(21)15-19)17-10-12-32(13-11-17)27(35)18-4-3-5-20(14-18)33-28(36)23-7-2-1-6-22(23)26(34)31-33/h1-5,8-10,14-16,22-23,30H,6-7,11-13H2,(H,31,34). The van der Waals surface area contributed by atoms with E-state index in [1.54, 1.807) is 35.2 Å². The number of hydrazine groups is 1. The van der Waals surface area contributed by atoms with Gasteiger partial charge in [-0.05, 0) is 61.2 Å². The molecule has 0 radical (unpaired) electrons. The van der Waals surface area contributed by atoms with Crippen LogP contribution in [0.3, 0.4) is 0 Å². The van der Waals surface area contributed by atoms with E-state index in [9.17, 15) is 18.8 Å². The third kappa shape index (κ3) is 3.79. The van der Waals surface area contributed by atoms with Gasteiger partial charge in [0.05, 0.1) is 17.5 Å². The van der Waals surface area contributed by atoms with Crippen molar-refractivity contribution in [1.82, 2.24) is 15.3 Å². The fourth-order valence-electron chi connectivity index (χ4n) is 5.41. The Morgan fingerprint density at radius 1 is 1.03 bits per heavy atom. The molecule has 182 valence electrons. The monoisotopic (exact) mass is 484 g/mol. The van der Waals surface area contributed by atoms with Gasteiger partial charge in [0.15, 0.2) is 0 Å². The maximum Gasteiger partial charge on any atom is 0.254 e. The molecule has 2 aliphatic heterocycles. The van der Waals surface area contributed by atoms with Gasteiger partial charge in [-0.2, -0.15) is 0 Å². The van der Waals surface area contributed by atoms with Gasteiger partial charge in [-0.3, -0.25) is 19.8 Å². The van der Waals surface area contributed by atoms with Crippen molar-refractivity contribution >= 4 is 39.9 Å². The van der Waals surface area contributed by atoms with E-state index in [1.165, 1.54) is 17.1 Å². The Hall–Kier alpha value is -4.20. The minimum atomic E-state index is -0.380. The predicted octanol–water partition coefficient (Wildman–Crippen LogP) is 4.20. The second kappa shape index (κ2) is 8.78. The lowest BCUT2D eigenvalue weighted by Crippen LogP contribution is -2.59. The maximum atomic E-state index is 13.5. The molecule has 1 saturated heterocycles. The summed E-state index contributed by atoms with van der Waals surface area (Å²) in [7, 11) is 0. The summed E-state index contributed by atoms with van der Waals surface area (Å²) in [6.45, 7) is 0.986. The number of aromatic nitrogens is 1. The molecule has 6 rings (SSSR count). The number of anilines is 1. The molecule has 1 fully saturated rings. The first-order valence-electron chi connectivity index (χ1n) is 12.1. The van der Waals surface area contributed by atoms with E-state index in [2.05, 4.69) is 10.4 Å². The van der Waals surface area contributed by atoms with Crippen LogP contribution in [0.4, 0.5) is 10.1 Å². The Morgan fingerprint density at radius 2 is 1.86 bits per heavy atom. The van der Waals surface area contributed by atoms with Gasteiger partial charge >= 0.3 is 0 Å². The summed E-state index contributed by atoms with van der Waals surface area (Å²) in [5, 5.41) is 2.24. The zero-order valence-corrected chi connectivity index (χ0v) is 19.5. The average Bonchev–Trinajstić information content (AvgIpc) is 3.33. The van der Waals surface area contributed by atoms with E-state index in [0.717, 1.165) is 22.0 Å². The van der Waals surface area contributed by atoms with Crippen LogP contribution in [-0.4, -0.2) is 40.7 Å². The number of hydrogen-bond acceptors (Lipinski definition) is 3. The Morgan fingerprint density at radius 3 is 2.67 bits per heavy atom. The van der Waals surface area contributed by atoms with E-state index in [0.29, 0.717) is 43.6 Å². The first-order chi connectivity index (χ1) is 17.5. The quantitative estimate of drug-likeness (QED) is 0.547. The lowest BCUT2D eigenvalue weighted by atomic mass is 9.80. The van der Waals surface area contributed by atoms with Crippen LogP contribution < -0.4 is 10.4 Å². The normalized spacial score (nSPS) is 21.9. The average molecular weight is 485 g/mol. The summed E-state index contributed by atoms with van der Waals surface area (Å²) in [5.74, 6) is -1.47. The summed E-state index contributed by atoms with van der Waals surface area (Å²) in [6, 6.07) is 11.5. The largest absolute Gasteiger partial charge is 0.360 e. The van der Waals surface area contributed by atoms with E-state index < -0.39 is 0 Å². The number of carbonyl (C=O) groups excluding carboxylic acids is 3. The molecule has 1 aromatic heterocycles. The van der Waals surface area contributed by atoms with Gasteiger partial charge in [0.2, 0.25) is 11.8 Å². The minimum Gasteiger partial charge on any atom is -0.360 e. The van der Waals surface area contributed by atoms with Crippen molar-refractivity contribution in [3.8, 4) is 0 Å². The number of aromatic amines is 1. The highest BCUT2D eigenvalue weighted by molar-refractivity contribution is 6.05. The van der Waals surface area contributed by atoms with Gasteiger partial charge in [0, 0.05) is 41.3 Å². The molecule has 2 N–H and O–H groups in total. The zero-order valence-electron chi connectivity index (χ0n) is 19.5. The number of amides is 3. The Bertz CT molecular complexity index is 1460. The van der Waals surface area contributed by atoms with Crippen LogP contribution in [0.2, 0.25) is 0 Å². The van der Waals surface area contributed by atoms with Crippen LogP contribution in [0.1, 0.15) is 35.2 Å². The molecule has 7 nitrogen and oxygen atoms in total. The molecular weight excluding hydrogens is 459 g/mol. The van der Waals surface area contributed by atoms with E-state index in [-0.39, 0.29) is 35.4 Å². The molecule has 0 bridgehead atoms. The molecule has 3 aliphatic rings. The first-order valence-corrected chi connectivity index (χ1v) is 12.1. The molecule has 8 heteroatoms. The zero-order chi connectivity index (χ0) is 24.8. The highest BCUT2D eigenvalue weighted by Gasteiger charge is 2.42. The highest BCUT2D eigenvalue weighted by atomic mass is 19.1. The Kier molecular flexibility index (Phi) is 5.44. The SMILES string of the molecule is O=C1NN(c2cccc(C(=O)N3CC=C(c4c[nH]c5cc(F)ccc45)CC3)c2)C(=O)C2CC=CCC12. The number of hydrogen-bond donors (Lipinski definition) is 2. The van der Waals surface area contributed by atoms with Gasteiger partial charge in [-0.1, -0.05) is 24.3 Å². The molecule has 0 spiro atoms. The molecule has 3 amide bonds. The first kappa shape index (κ1) is 22.3. The number of rotatable bonds is 3. The van der Waals surface area contributed by atoms with Crippen molar-refractivity contribution in [2.24, 2.45) is 11.8 Å². The lowest BCUT2D eigenvalue weighted by Gasteiger charge is -2.38. The molecule has 2 unspecified atom stereocenters. The van der Waals surface area contributed by atoms with Crippen LogP contribution >= 0.6 is 0 Å². The number of benzene rings is 2. The fourth-order valence-corrected chi connectivity index (χ4v) is 5.41. The van der Waals surface area contributed by atoms with Gasteiger partial charge in [0.1, 0.15) is 5.82 Å². The molecule has 1 aliphatic carbocycles. The molecule has 0 saturated carbocycles. The molecule has 36 heavy (non-hydrogen) atoms. The molecule has 3 aromatic rings. The topological polar surface area (TPSA) is 85.5 Å². The van der Waals surface area contributed by atoms with E-state index in [1.807, 2.05) is 24.4 Å². The number of fused-ring (bicyclic) bond motifs is 2. The number of carbonyl (C=O) groups is 3.